The van der Waals surface area contributed by atoms with Crippen molar-refractivity contribution in [1.82, 2.24) is 9.80 Å². The van der Waals surface area contributed by atoms with Gasteiger partial charge >= 0.3 is 0 Å². The Morgan fingerprint density at radius 3 is 2.89 bits per heavy atom. The third-order valence-corrected chi connectivity index (χ3v) is 4.32. The molecule has 5 heteroatoms. The molecular weight excluding hydrogens is 244 g/mol. The minimum atomic E-state index is -0.297. The first-order valence-corrected chi connectivity index (χ1v) is 7.20. The molecule has 0 bridgehead atoms. The minimum absolute atomic E-state index is 0.117. The van der Waals surface area contributed by atoms with E-state index >= 15 is 0 Å². The molecule has 0 aromatic rings. The molecule has 2 heterocycles. The van der Waals surface area contributed by atoms with Gasteiger partial charge in [-0.2, -0.15) is 0 Å². The smallest absolute Gasteiger partial charge is 0.230 e. The van der Waals surface area contributed by atoms with E-state index in [1.807, 2.05) is 23.8 Å². The van der Waals surface area contributed by atoms with E-state index in [0.29, 0.717) is 32.7 Å². The summed E-state index contributed by atoms with van der Waals surface area (Å²) in [7, 11) is 1.86. The molecule has 1 spiro atoms. The highest BCUT2D eigenvalue weighted by molar-refractivity contribution is 5.85. The lowest BCUT2D eigenvalue weighted by molar-refractivity contribution is -0.144. The van der Waals surface area contributed by atoms with Crippen LogP contribution in [0.3, 0.4) is 0 Å². The molecule has 19 heavy (non-hydrogen) atoms. The molecule has 1 atom stereocenters. The molecule has 0 aromatic carbocycles. The largest absolute Gasteiger partial charge is 0.381 e. The predicted octanol–water partition coefficient (Wildman–Crippen LogP) is 0.884. The van der Waals surface area contributed by atoms with E-state index in [-0.39, 0.29) is 17.2 Å². The molecule has 2 amide bonds. The third kappa shape index (κ3) is 2.91. The number of ether oxygens (including phenoxy) is 1. The van der Waals surface area contributed by atoms with Crippen molar-refractivity contribution in [2.24, 2.45) is 5.41 Å². The van der Waals surface area contributed by atoms with Gasteiger partial charge in [-0.05, 0) is 26.2 Å². The van der Waals surface area contributed by atoms with Crippen LogP contribution in [0.15, 0.2) is 0 Å². The Morgan fingerprint density at radius 1 is 1.37 bits per heavy atom. The van der Waals surface area contributed by atoms with Crippen molar-refractivity contribution in [3.63, 3.8) is 0 Å². The van der Waals surface area contributed by atoms with Crippen LogP contribution in [0.2, 0.25) is 0 Å². The fraction of sp³-hybridized carbons (Fsp3) is 0.857. The number of amides is 2. The molecule has 2 saturated heterocycles. The van der Waals surface area contributed by atoms with E-state index in [1.165, 1.54) is 0 Å². The molecule has 0 saturated carbocycles. The highest BCUT2D eigenvalue weighted by Crippen LogP contribution is 2.39. The number of hydrogen-bond donors (Lipinski definition) is 0. The fourth-order valence-electron chi connectivity index (χ4n) is 3.19. The van der Waals surface area contributed by atoms with E-state index < -0.39 is 0 Å². The summed E-state index contributed by atoms with van der Waals surface area (Å²) in [6, 6.07) is 0. The van der Waals surface area contributed by atoms with E-state index in [9.17, 15) is 9.59 Å². The van der Waals surface area contributed by atoms with E-state index in [4.69, 9.17) is 4.74 Å². The van der Waals surface area contributed by atoms with Gasteiger partial charge in [0.25, 0.3) is 0 Å². The number of piperidine rings is 1. The molecule has 0 N–H and O–H groups in total. The molecule has 0 aliphatic carbocycles. The molecule has 2 fully saturated rings. The molecule has 0 aromatic heterocycles. The highest BCUT2D eigenvalue weighted by atomic mass is 16.5. The van der Waals surface area contributed by atoms with Crippen LogP contribution in [0, 0.1) is 5.41 Å². The maximum Gasteiger partial charge on any atom is 0.230 e. The molecule has 1 unspecified atom stereocenters. The molecule has 2 rings (SSSR count). The van der Waals surface area contributed by atoms with Crippen molar-refractivity contribution in [2.75, 3.05) is 39.9 Å². The van der Waals surface area contributed by atoms with Crippen molar-refractivity contribution in [1.29, 1.82) is 0 Å². The van der Waals surface area contributed by atoms with Crippen LogP contribution < -0.4 is 0 Å². The number of carbonyl (C=O) groups excluding carboxylic acids is 2. The Hall–Kier alpha value is -1.10. The molecule has 2 aliphatic heterocycles. The van der Waals surface area contributed by atoms with Crippen LogP contribution in [0.25, 0.3) is 0 Å². The Kier molecular flexibility index (Phi) is 4.45. The summed E-state index contributed by atoms with van der Waals surface area (Å²) < 4.78 is 5.22. The predicted molar refractivity (Wildman–Crippen MR) is 71.6 cm³/mol. The molecule has 2 aliphatic rings. The summed E-state index contributed by atoms with van der Waals surface area (Å²) in [5.41, 5.74) is -0.297. The van der Waals surface area contributed by atoms with Gasteiger partial charge in [-0.1, -0.05) is 0 Å². The summed E-state index contributed by atoms with van der Waals surface area (Å²) in [6.45, 7) is 5.20. The zero-order chi connectivity index (χ0) is 13.9. The van der Waals surface area contributed by atoms with Gasteiger partial charge in [-0.15, -0.1) is 0 Å². The number of likely N-dealkylation sites (tertiary alicyclic amines) is 2. The fourth-order valence-corrected chi connectivity index (χ4v) is 3.19. The van der Waals surface area contributed by atoms with Crippen molar-refractivity contribution < 1.29 is 14.3 Å². The summed E-state index contributed by atoms with van der Waals surface area (Å²) in [6.07, 6.45) is 3.21. The number of carbonyl (C=O) groups is 2. The number of hydrogen-bond acceptors (Lipinski definition) is 3. The summed E-state index contributed by atoms with van der Waals surface area (Å²) >= 11 is 0. The molecule has 108 valence electrons. The van der Waals surface area contributed by atoms with Crippen molar-refractivity contribution in [3.8, 4) is 0 Å². The van der Waals surface area contributed by atoms with Crippen LogP contribution in [0.4, 0.5) is 0 Å². The second-order valence-electron chi connectivity index (χ2n) is 5.62. The van der Waals surface area contributed by atoms with Crippen LogP contribution >= 0.6 is 0 Å². The number of nitrogens with zero attached hydrogens (tertiary/aromatic N) is 2. The van der Waals surface area contributed by atoms with Gasteiger partial charge in [0.1, 0.15) is 0 Å². The van der Waals surface area contributed by atoms with Gasteiger partial charge in [-0.25, -0.2) is 0 Å². The Labute approximate surface area is 114 Å². The van der Waals surface area contributed by atoms with Gasteiger partial charge in [0, 0.05) is 33.3 Å². The van der Waals surface area contributed by atoms with Crippen LogP contribution in [0.1, 0.15) is 32.6 Å². The van der Waals surface area contributed by atoms with E-state index in [0.717, 1.165) is 25.8 Å². The topological polar surface area (TPSA) is 49.9 Å². The first kappa shape index (κ1) is 14.3. The Bertz CT molecular complexity index is 359. The van der Waals surface area contributed by atoms with Crippen molar-refractivity contribution in [2.45, 2.75) is 32.6 Å². The summed E-state index contributed by atoms with van der Waals surface area (Å²) in [4.78, 5) is 28.1. The summed E-state index contributed by atoms with van der Waals surface area (Å²) in [5, 5.41) is 0. The average molecular weight is 268 g/mol. The monoisotopic (exact) mass is 268 g/mol. The van der Waals surface area contributed by atoms with E-state index in [1.54, 1.807) is 0 Å². The maximum absolute atomic E-state index is 12.3. The quantitative estimate of drug-likeness (QED) is 0.711. The first-order chi connectivity index (χ1) is 9.09. The normalized spacial score (nSPS) is 27.4. The number of rotatable bonds is 4. The second-order valence-corrected chi connectivity index (χ2v) is 5.62. The lowest BCUT2D eigenvalue weighted by atomic mass is 9.78. The minimum Gasteiger partial charge on any atom is -0.381 e. The lowest BCUT2D eigenvalue weighted by Crippen LogP contribution is -2.48. The maximum atomic E-state index is 12.3. The van der Waals surface area contributed by atoms with Crippen LogP contribution in [-0.2, 0) is 14.3 Å². The Morgan fingerprint density at radius 2 is 2.16 bits per heavy atom. The SMILES string of the molecule is CCOCCC(=O)N1CCC2(CCCN(C)C2=O)C1. The second kappa shape index (κ2) is 5.90. The molecule has 0 radical (unpaired) electrons. The van der Waals surface area contributed by atoms with Gasteiger partial charge in [0.05, 0.1) is 18.4 Å². The van der Waals surface area contributed by atoms with Crippen molar-refractivity contribution >= 4 is 11.8 Å². The molecular formula is C14H24N2O3. The zero-order valence-electron chi connectivity index (χ0n) is 12.0. The average Bonchev–Trinajstić information content (AvgIpc) is 2.82. The van der Waals surface area contributed by atoms with Crippen molar-refractivity contribution in [3.05, 3.63) is 0 Å². The van der Waals surface area contributed by atoms with Crippen LogP contribution in [0.5, 0.6) is 0 Å². The highest BCUT2D eigenvalue weighted by Gasteiger charge is 2.48. The van der Waals surface area contributed by atoms with Gasteiger partial charge in [0.2, 0.25) is 11.8 Å². The Balaban J connectivity index is 1.91. The standard InChI is InChI=1S/C14H24N2O3/c1-3-19-10-5-12(17)16-9-7-14(11-16)6-4-8-15(2)13(14)18/h3-11H2,1-2H3. The molecule has 5 nitrogen and oxygen atoms in total. The summed E-state index contributed by atoms with van der Waals surface area (Å²) in [5.74, 6) is 0.338. The third-order valence-electron chi connectivity index (χ3n) is 4.32. The van der Waals surface area contributed by atoms with Gasteiger partial charge < -0.3 is 14.5 Å². The first-order valence-electron chi connectivity index (χ1n) is 7.20. The van der Waals surface area contributed by atoms with Crippen LogP contribution in [-0.4, -0.2) is 61.5 Å². The van der Waals surface area contributed by atoms with Gasteiger partial charge in [-0.3, -0.25) is 9.59 Å². The zero-order valence-corrected chi connectivity index (χ0v) is 12.0. The van der Waals surface area contributed by atoms with Gasteiger partial charge in [0.15, 0.2) is 0 Å². The lowest BCUT2D eigenvalue weighted by Gasteiger charge is -2.37. The van der Waals surface area contributed by atoms with E-state index in [2.05, 4.69) is 0 Å².